The number of hydrogen-bond donors (Lipinski definition) is 2. The fraction of sp³-hybridized carbons (Fsp3) is 0.467. The molecule has 0 spiro atoms. The Hall–Kier alpha value is -1.80. The molecule has 1 aliphatic rings. The number of nitrogens with one attached hydrogen (secondary N) is 1. The van der Waals surface area contributed by atoms with Crippen LogP contribution in [0.3, 0.4) is 0 Å². The molecule has 1 aromatic carbocycles. The quantitative estimate of drug-likeness (QED) is 0.859. The van der Waals surface area contributed by atoms with Gasteiger partial charge in [0, 0.05) is 17.1 Å². The van der Waals surface area contributed by atoms with Crippen molar-refractivity contribution in [2.75, 3.05) is 11.4 Å². The maximum atomic E-state index is 12.5. The van der Waals surface area contributed by atoms with Gasteiger partial charge in [-0.2, -0.15) is 13.2 Å². The first-order valence-electron chi connectivity index (χ1n) is 7.35. The van der Waals surface area contributed by atoms with Crippen molar-refractivity contribution < 1.29 is 22.8 Å². The molecule has 1 heterocycles. The van der Waals surface area contributed by atoms with Gasteiger partial charge < -0.3 is 11.1 Å². The number of fused-ring (bicyclic) bond motifs is 1. The SMILES string of the molecule is CCC(N)C(=O)N1c2ccc(Cl)cc2CC1C(=O)NCC(F)(F)F. The second-order valence-electron chi connectivity index (χ2n) is 5.55. The van der Waals surface area contributed by atoms with E-state index in [0.29, 0.717) is 22.7 Å². The van der Waals surface area contributed by atoms with Crippen molar-refractivity contribution in [2.24, 2.45) is 5.73 Å². The Bertz CT molecular complexity index is 651. The second kappa shape index (κ2) is 6.98. The molecule has 2 rings (SSSR count). The van der Waals surface area contributed by atoms with Crippen LogP contribution in [0.15, 0.2) is 18.2 Å². The fourth-order valence-electron chi connectivity index (χ4n) is 2.56. The lowest BCUT2D eigenvalue weighted by molar-refractivity contribution is -0.139. The van der Waals surface area contributed by atoms with Crippen LogP contribution in [-0.4, -0.2) is 36.6 Å². The molecule has 0 bridgehead atoms. The highest BCUT2D eigenvalue weighted by molar-refractivity contribution is 6.30. The third kappa shape index (κ3) is 3.99. The van der Waals surface area contributed by atoms with Gasteiger partial charge in [0.05, 0.1) is 6.04 Å². The molecule has 2 atom stereocenters. The van der Waals surface area contributed by atoms with Crippen molar-refractivity contribution in [3.63, 3.8) is 0 Å². The molecule has 132 valence electrons. The zero-order valence-electron chi connectivity index (χ0n) is 12.9. The maximum absolute atomic E-state index is 12.5. The zero-order valence-corrected chi connectivity index (χ0v) is 13.6. The van der Waals surface area contributed by atoms with E-state index >= 15 is 0 Å². The van der Waals surface area contributed by atoms with Gasteiger partial charge in [0.15, 0.2) is 0 Å². The van der Waals surface area contributed by atoms with E-state index in [4.69, 9.17) is 17.3 Å². The van der Waals surface area contributed by atoms with E-state index in [-0.39, 0.29) is 6.42 Å². The number of halogens is 4. The molecule has 3 N–H and O–H groups in total. The Morgan fingerprint density at radius 2 is 2.12 bits per heavy atom. The Balaban J connectivity index is 2.29. The average molecular weight is 364 g/mol. The molecule has 1 aromatic rings. The smallest absolute Gasteiger partial charge is 0.345 e. The predicted octanol–water partition coefficient (Wildman–Crippen LogP) is 2.01. The summed E-state index contributed by atoms with van der Waals surface area (Å²) in [4.78, 5) is 25.9. The summed E-state index contributed by atoms with van der Waals surface area (Å²) in [7, 11) is 0. The number of carbonyl (C=O) groups excluding carboxylic acids is 2. The van der Waals surface area contributed by atoms with E-state index < -0.39 is 36.6 Å². The van der Waals surface area contributed by atoms with Crippen LogP contribution in [-0.2, 0) is 16.0 Å². The third-order valence-electron chi connectivity index (χ3n) is 3.79. The highest BCUT2D eigenvalue weighted by Crippen LogP contribution is 2.35. The molecule has 0 fully saturated rings. The summed E-state index contributed by atoms with van der Waals surface area (Å²) < 4.78 is 37.0. The Morgan fingerprint density at radius 1 is 1.46 bits per heavy atom. The molecule has 0 saturated carbocycles. The number of nitrogens with two attached hydrogens (primary N) is 1. The van der Waals surface area contributed by atoms with Crippen molar-refractivity contribution in [1.29, 1.82) is 0 Å². The highest BCUT2D eigenvalue weighted by Gasteiger charge is 2.40. The summed E-state index contributed by atoms with van der Waals surface area (Å²) in [5.41, 5.74) is 6.82. The molecule has 0 aliphatic carbocycles. The standard InChI is InChI=1S/C15H17ClF3N3O2/c1-2-10(20)14(24)22-11-4-3-9(16)5-8(11)6-12(22)13(23)21-7-15(17,18)19/h3-5,10,12H,2,6-7,20H2,1H3,(H,21,23). The molecule has 9 heteroatoms. The molecule has 24 heavy (non-hydrogen) atoms. The monoisotopic (exact) mass is 363 g/mol. The summed E-state index contributed by atoms with van der Waals surface area (Å²) >= 11 is 5.91. The topological polar surface area (TPSA) is 75.4 Å². The Kier molecular flexibility index (Phi) is 5.39. The van der Waals surface area contributed by atoms with Gasteiger partial charge in [-0.15, -0.1) is 0 Å². The minimum Gasteiger partial charge on any atom is -0.345 e. The van der Waals surface area contributed by atoms with Gasteiger partial charge in [-0.3, -0.25) is 14.5 Å². The molecule has 0 aromatic heterocycles. The van der Waals surface area contributed by atoms with Gasteiger partial charge in [0.25, 0.3) is 0 Å². The molecule has 0 radical (unpaired) electrons. The molecule has 5 nitrogen and oxygen atoms in total. The van der Waals surface area contributed by atoms with E-state index in [1.165, 1.54) is 4.90 Å². The fourth-order valence-corrected chi connectivity index (χ4v) is 2.76. The van der Waals surface area contributed by atoms with Crippen molar-refractivity contribution in [3.05, 3.63) is 28.8 Å². The Morgan fingerprint density at radius 3 is 2.71 bits per heavy atom. The van der Waals surface area contributed by atoms with Crippen molar-refractivity contribution in [3.8, 4) is 0 Å². The molecular formula is C15H17ClF3N3O2. The van der Waals surface area contributed by atoms with E-state index in [1.807, 2.05) is 5.32 Å². The normalized spacial score (nSPS) is 18.2. The van der Waals surface area contributed by atoms with Gasteiger partial charge in [0.1, 0.15) is 12.6 Å². The van der Waals surface area contributed by atoms with Crippen LogP contribution < -0.4 is 16.0 Å². The number of hydrogen-bond acceptors (Lipinski definition) is 3. The summed E-state index contributed by atoms with van der Waals surface area (Å²) in [6.45, 7) is 0.251. The predicted molar refractivity (Wildman–Crippen MR) is 83.8 cm³/mol. The molecular weight excluding hydrogens is 347 g/mol. The number of nitrogens with zero attached hydrogens (tertiary/aromatic N) is 1. The molecule has 2 amide bonds. The van der Waals surface area contributed by atoms with E-state index in [1.54, 1.807) is 25.1 Å². The van der Waals surface area contributed by atoms with Gasteiger partial charge in [-0.25, -0.2) is 0 Å². The van der Waals surface area contributed by atoms with Gasteiger partial charge in [-0.05, 0) is 30.2 Å². The van der Waals surface area contributed by atoms with Crippen LogP contribution in [0.4, 0.5) is 18.9 Å². The summed E-state index contributed by atoms with van der Waals surface area (Å²) in [6.07, 6.45) is -4.10. The first kappa shape index (κ1) is 18.5. The largest absolute Gasteiger partial charge is 0.405 e. The first-order chi connectivity index (χ1) is 11.1. The second-order valence-corrected chi connectivity index (χ2v) is 5.99. The number of carbonyl (C=O) groups is 2. The summed E-state index contributed by atoms with van der Waals surface area (Å²) in [5, 5.41) is 2.24. The number of rotatable bonds is 4. The maximum Gasteiger partial charge on any atom is 0.405 e. The van der Waals surface area contributed by atoms with Crippen LogP contribution in [0.5, 0.6) is 0 Å². The van der Waals surface area contributed by atoms with E-state index in [0.717, 1.165) is 0 Å². The lowest BCUT2D eigenvalue weighted by atomic mass is 10.1. The van der Waals surface area contributed by atoms with Crippen LogP contribution in [0.1, 0.15) is 18.9 Å². The van der Waals surface area contributed by atoms with Crippen molar-refractivity contribution >= 4 is 29.1 Å². The van der Waals surface area contributed by atoms with Crippen LogP contribution in [0.25, 0.3) is 0 Å². The summed E-state index contributed by atoms with van der Waals surface area (Å²) in [5.74, 6) is -1.39. The van der Waals surface area contributed by atoms with E-state index in [2.05, 4.69) is 0 Å². The van der Waals surface area contributed by atoms with Gasteiger partial charge >= 0.3 is 6.18 Å². The molecule has 1 aliphatic heterocycles. The van der Waals surface area contributed by atoms with E-state index in [9.17, 15) is 22.8 Å². The summed E-state index contributed by atoms with van der Waals surface area (Å²) in [6, 6.07) is 2.78. The third-order valence-corrected chi connectivity index (χ3v) is 4.02. The first-order valence-corrected chi connectivity index (χ1v) is 7.73. The molecule has 0 saturated heterocycles. The van der Waals surface area contributed by atoms with Crippen LogP contribution >= 0.6 is 11.6 Å². The molecule has 2 unspecified atom stereocenters. The van der Waals surface area contributed by atoms with Crippen molar-refractivity contribution in [1.82, 2.24) is 5.32 Å². The number of anilines is 1. The average Bonchev–Trinajstić information content (AvgIpc) is 2.88. The van der Waals surface area contributed by atoms with Crippen LogP contribution in [0.2, 0.25) is 5.02 Å². The minimum atomic E-state index is -4.53. The lowest BCUT2D eigenvalue weighted by Crippen LogP contribution is -2.53. The van der Waals surface area contributed by atoms with Crippen LogP contribution in [0, 0.1) is 0 Å². The van der Waals surface area contributed by atoms with Gasteiger partial charge in [-0.1, -0.05) is 18.5 Å². The highest BCUT2D eigenvalue weighted by atomic mass is 35.5. The number of amides is 2. The lowest BCUT2D eigenvalue weighted by Gasteiger charge is -2.27. The number of alkyl halides is 3. The zero-order chi connectivity index (χ0) is 18.1. The van der Waals surface area contributed by atoms with Gasteiger partial charge in [0.2, 0.25) is 11.8 Å². The minimum absolute atomic E-state index is 0.0851. The van der Waals surface area contributed by atoms with Crippen molar-refractivity contribution in [2.45, 2.75) is 38.0 Å². The Labute approximate surface area is 141 Å². The number of benzene rings is 1.